The minimum absolute atomic E-state index is 0.337. The van der Waals surface area contributed by atoms with Gasteiger partial charge in [-0.1, -0.05) is 6.07 Å². The number of hydrogen-bond donors (Lipinski definition) is 2. The fraction of sp³-hybridized carbons (Fsp3) is 0.364. The Balaban J connectivity index is 2.87. The molecule has 1 aromatic rings. The van der Waals surface area contributed by atoms with E-state index in [0.29, 0.717) is 11.4 Å². The van der Waals surface area contributed by atoms with E-state index in [-0.39, 0.29) is 12.5 Å². The zero-order valence-corrected chi connectivity index (χ0v) is 9.38. The minimum atomic E-state index is -0.892. The third-order valence-electron chi connectivity index (χ3n) is 2.29. The van der Waals surface area contributed by atoms with Gasteiger partial charge in [0.25, 0.3) is 0 Å². The maximum atomic E-state index is 11.7. The van der Waals surface area contributed by atoms with Crippen molar-refractivity contribution in [1.29, 1.82) is 0 Å². The number of likely N-dealkylation sites (N-methyl/N-ethyl adjacent to an activating group) is 1. The summed E-state index contributed by atoms with van der Waals surface area (Å²) >= 11 is 0. The molecule has 0 spiro atoms. The number of aliphatic hydroxyl groups excluding tert-OH is 1. The standard InChI is InChI=1S/C11H16N2O3/c1-13(11(15)10(12)7-14)8-4-3-5-9(6-8)16-2/h3-6,10,14H,7,12H2,1-2H3. The number of benzene rings is 1. The van der Waals surface area contributed by atoms with Crippen LogP contribution in [0.15, 0.2) is 24.3 Å². The molecule has 5 heteroatoms. The van der Waals surface area contributed by atoms with E-state index < -0.39 is 6.04 Å². The highest BCUT2D eigenvalue weighted by Gasteiger charge is 2.18. The molecule has 5 nitrogen and oxygen atoms in total. The molecular formula is C11H16N2O3. The second kappa shape index (κ2) is 5.48. The van der Waals surface area contributed by atoms with Gasteiger partial charge >= 0.3 is 0 Å². The van der Waals surface area contributed by atoms with E-state index in [9.17, 15) is 4.79 Å². The number of anilines is 1. The van der Waals surface area contributed by atoms with Crippen molar-refractivity contribution < 1.29 is 14.6 Å². The number of aliphatic hydroxyl groups is 1. The van der Waals surface area contributed by atoms with Crippen LogP contribution in [0.4, 0.5) is 5.69 Å². The van der Waals surface area contributed by atoms with Gasteiger partial charge in [-0.15, -0.1) is 0 Å². The largest absolute Gasteiger partial charge is 0.497 e. The third kappa shape index (κ3) is 2.71. The van der Waals surface area contributed by atoms with E-state index in [1.807, 2.05) is 0 Å². The smallest absolute Gasteiger partial charge is 0.246 e. The van der Waals surface area contributed by atoms with Gasteiger partial charge in [-0.2, -0.15) is 0 Å². The van der Waals surface area contributed by atoms with E-state index in [4.69, 9.17) is 15.6 Å². The second-order valence-corrected chi connectivity index (χ2v) is 3.39. The van der Waals surface area contributed by atoms with Crippen molar-refractivity contribution in [2.75, 3.05) is 25.7 Å². The first kappa shape index (κ1) is 12.5. The lowest BCUT2D eigenvalue weighted by Crippen LogP contribution is -2.44. The number of methoxy groups -OCH3 is 1. The average Bonchev–Trinajstić information content (AvgIpc) is 2.36. The van der Waals surface area contributed by atoms with Crippen molar-refractivity contribution >= 4 is 11.6 Å². The summed E-state index contributed by atoms with van der Waals surface area (Å²) in [6.45, 7) is -0.368. The van der Waals surface area contributed by atoms with Gasteiger partial charge in [0.2, 0.25) is 5.91 Å². The van der Waals surface area contributed by atoms with Crippen LogP contribution in [0.2, 0.25) is 0 Å². The van der Waals surface area contributed by atoms with Gasteiger partial charge in [0.05, 0.1) is 13.7 Å². The zero-order valence-electron chi connectivity index (χ0n) is 9.38. The molecule has 0 heterocycles. The highest BCUT2D eigenvalue weighted by Crippen LogP contribution is 2.20. The Bertz CT molecular complexity index is 368. The highest BCUT2D eigenvalue weighted by atomic mass is 16.5. The van der Waals surface area contributed by atoms with Crippen molar-refractivity contribution in [3.63, 3.8) is 0 Å². The molecule has 88 valence electrons. The number of amides is 1. The molecular weight excluding hydrogens is 208 g/mol. The second-order valence-electron chi connectivity index (χ2n) is 3.39. The van der Waals surface area contributed by atoms with Crippen molar-refractivity contribution in [1.82, 2.24) is 0 Å². The van der Waals surface area contributed by atoms with Gasteiger partial charge in [-0.05, 0) is 12.1 Å². The van der Waals surface area contributed by atoms with Crippen molar-refractivity contribution in [2.24, 2.45) is 5.73 Å². The summed E-state index contributed by atoms with van der Waals surface area (Å²) in [4.78, 5) is 13.1. The third-order valence-corrected chi connectivity index (χ3v) is 2.29. The van der Waals surface area contributed by atoms with E-state index in [0.717, 1.165) is 0 Å². The highest BCUT2D eigenvalue weighted by molar-refractivity contribution is 5.96. The van der Waals surface area contributed by atoms with Crippen LogP contribution in [0.1, 0.15) is 0 Å². The van der Waals surface area contributed by atoms with Crippen LogP contribution >= 0.6 is 0 Å². The van der Waals surface area contributed by atoms with Crippen LogP contribution in [-0.2, 0) is 4.79 Å². The summed E-state index contributed by atoms with van der Waals surface area (Å²) in [5.74, 6) is 0.325. The molecule has 3 N–H and O–H groups in total. The van der Waals surface area contributed by atoms with Crippen LogP contribution in [0, 0.1) is 0 Å². The van der Waals surface area contributed by atoms with E-state index in [2.05, 4.69) is 0 Å². The van der Waals surface area contributed by atoms with Crippen LogP contribution in [-0.4, -0.2) is 37.8 Å². The average molecular weight is 224 g/mol. The normalized spacial score (nSPS) is 12.0. The number of nitrogens with two attached hydrogens (primary N) is 1. The number of ether oxygens (including phenoxy) is 1. The molecule has 0 fully saturated rings. The molecule has 0 radical (unpaired) electrons. The van der Waals surface area contributed by atoms with E-state index in [1.165, 1.54) is 4.90 Å². The van der Waals surface area contributed by atoms with Crippen molar-refractivity contribution in [2.45, 2.75) is 6.04 Å². The molecule has 1 aromatic carbocycles. The van der Waals surface area contributed by atoms with Gasteiger partial charge in [-0.3, -0.25) is 4.79 Å². The Hall–Kier alpha value is -1.59. The minimum Gasteiger partial charge on any atom is -0.497 e. The predicted molar refractivity (Wildman–Crippen MR) is 61.5 cm³/mol. The molecule has 0 saturated heterocycles. The Morgan fingerprint density at radius 3 is 2.88 bits per heavy atom. The number of carbonyl (C=O) groups is 1. The Morgan fingerprint density at radius 2 is 2.31 bits per heavy atom. The van der Waals surface area contributed by atoms with E-state index >= 15 is 0 Å². The quantitative estimate of drug-likeness (QED) is 0.753. The summed E-state index contributed by atoms with van der Waals surface area (Å²) < 4.78 is 5.05. The fourth-order valence-corrected chi connectivity index (χ4v) is 1.27. The first-order valence-electron chi connectivity index (χ1n) is 4.88. The van der Waals surface area contributed by atoms with Gasteiger partial charge in [0.15, 0.2) is 0 Å². The molecule has 0 aliphatic carbocycles. The number of nitrogens with zero attached hydrogens (tertiary/aromatic N) is 1. The fourth-order valence-electron chi connectivity index (χ4n) is 1.27. The summed E-state index contributed by atoms with van der Waals surface area (Å²) in [5.41, 5.74) is 6.13. The van der Waals surface area contributed by atoms with Gasteiger partial charge in [-0.25, -0.2) is 0 Å². The van der Waals surface area contributed by atoms with Crippen LogP contribution in [0.5, 0.6) is 5.75 Å². The Labute approximate surface area is 94.4 Å². The Morgan fingerprint density at radius 1 is 1.62 bits per heavy atom. The molecule has 1 rings (SSSR count). The van der Waals surface area contributed by atoms with E-state index in [1.54, 1.807) is 38.4 Å². The molecule has 0 bridgehead atoms. The number of rotatable bonds is 4. The van der Waals surface area contributed by atoms with Gasteiger partial charge < -0.3 is 20.5 Å². The van der Waals surface area contributed by atoms with Crippen molar-refractivity contribution in [3.05, 3.63) is 24.3 Å². The summed E-state index contributed by atoms with van der Waals surface area (Å²) in [6.07, 6.45) is 0. The SMILES string of the molecule is COc1cccc(N(C)C(=O)C(N)CO)c1. The van der Waals surface area contributed by atoms with Gasteiger partial charge in [0.1, 0.15) is 11.8 Å². The lowest BCUT2D eigenvalue weighted by molar-refractivity contribution is -0.120. The molecule has 0 aliphatic heterocycles. The summed E-state index contributed by atoms with van der Waals surface area (Å²) in [5, 5.41) is 8.80. The molecule has 1 amide bonds. The number of carbonyl (C=O) groups excluding carboxylic acids is 1. The molecule has 0 aliphatic rings. The monoisotopic (exact) mass is 224 g/mol. The summed E-state index contributed by atoms with van der Waals surface area (Å²) in [6, 6.07) is 6.17. The lowest BCUT2D eigenvalue weighted by atomic mass is 10.2. The first-order chi connectivity index (χ1) is 7.60. The lowest BCUT2D eigenvalue weighted by Gasteiger charge is -2.20. The molecule has 0 saturated carbocycles. The van der Waals surface area contributed by atoms with Crippen LogP contribution < -0.4 is 15.4 Å². The van der Waals surface area contributed by atoms with Gasteiger partial charge in [0, 0.05) is 18.8 Å². The molecule has 16 heavy (non-hydrogen) atoms. The molecule has 0 aromatic heterocycles. The molecule has 1 unspecified atom stereocenters. The molecule has 1 atom stereocenters. The number of hydrogen-bond acceptors (Lipinski definition) is 4. The van der Waals surface area contributed by atoms with Crippen molar-refractivity contribution in [3.8, 4) is 5.75 Å². The first-order valence-corrected chi connectivity index (χ1v) is 4.88. The predicted octanol–water partition coefficient (Wildman–Crippen LogP) is -0.0224. The Kier molecular flexibility index (Phi) is 4.28. The maximum Gasteiger partial charge on any atom is 0.246 e. The topological polar surface area (TPSA) is 75.8 Å². The zero-order chi connectivity index (χ0) is 12.1. The maximum absolute atomic E-state index is 11.7. The van der Waals surface area contributed by atoms with Crippen LogP contribution in [0.25, 0.3) is 0 Å². The summed E-state index contributed by atoms with van der Waals surface area (Å²) in [7, 11) is 3.16. The van der Waals surface area contributed by atoms with Crippen LogP contribution in [0.3, 0.4) is 0 Å².